The summed E-state index contributed by atoms with van der Waals surface area (Å²) in [7, 11) is 0. The first-order valence-electron chi connectivity index (χ1n) is 9.20. The van der Waals surface area contributed by atoms with Crippen LogP contribution in [0.3, 0.4) is 0 Å². The highest BCUT2D eigenvalue weighted by atomic mass is 16.5. The standard InChI is InChI=1S/C21H21N5O/c1-14-5-7-18(23-12-14)10-16-6-8-19(24-13-16)21-25-20(26-27-21)17-4-2-3-15(9-17)11-22/h2-5,7,9,12,16,19,24H,6,8,10,13H2,1H3. The van der Waals surface area contributed by atoms with Gasteiger partial charge in [-0.25, -0.2) is 0 Å². The average molecular weight is 359 g/mol. The van der Waals surface area contributed by atoms with Gasteiger partial charge in [-0.15, -0.1) is 0 Å². The fraction of sp³-hybridized carbons (Fsp3) is 0.333. The molecule has 6 nitrogen and oxygen atoms in total. The monoisotopic (exact) mass is 359 g/mol. The van der Waals surface area contributed by atoms with Crippen molar-refractivity contribution in [1.82, 2.24) is 20.4 Å². The molecule has 1 aliphatic heterocycles. The Balaban J connectivity index is 1.38. The van der Waals surface area contributed by atoms with Crippen molar-refractivity contribution in [2.45, 2.75) is 32.2 Å². The summed E-state index contributed by atoms with van der Waals surface area (Å²) in [5.41, 5.74) is 3.71. The van der Waals surface area contributed by atoms with E-state index in [9.17, 15) is 0 Å². The van der Waals surface area contributed by atoms with E-state index in [1.165, 1.54) is 5.56 Å². The topological polar surface area (TPSA) is 87.6 Å². The van der Waals surface area contributed by atoms with Gasteiger partial charge in [-0.1, -0.05) is 23.4 Å². The molecule has 0 amide bonds. The van der Waals surface area contributed by atoms with Crippen molar-refractivity contribution in [2.24, 2.45) is 5.92 Å². The maximum Gasteiger partial charge on any atom is 0.244 e. The molecular weight excluding hydrogens is 338 g/mol. The van der Waals surface area contributed by atoms with Gasteiger partial charge in [-0.3, -0.25) is 4.98 Å². The number of rotatable bonds is 4. The normalized spacial score (nSPS) is 19.6. The second-order valence-corrected chi connectivity index (χ2v) is 7.08. The maximum atomic E-state index is 9.03. The lowest BCUT2D eigenvalue weighted by atomic mass is 9.90. The lowest BCUT2D eigenvalue weighted by Crippen LogP contribution is -2.34. The Morgan fingerprint density at radius 3 is 2.93 bits per heavy atom. The third kappa shape index (κ3) is 4.04. The largest absolute Gasteiger partial charge is 0.337 e. The van der Waals surface area contributed by atoms with E-state index in [1.54, 1.807) is 12.1 Å². The Morgan fingerprint density at radius 2 is 2.19 bits per heavy atom. The van der Waals surface area contributed by atoms with E-state index in [0.29, 0.717) is 23.2 Å². The molecule has 3 aromatic rings. The molecule has 27 heavy (non-hydrogen) atoms. The third-order valence-corrected chi connectivity index (χ3v) is 4.98. The van der Waals surface area contributed by atoms with Crippen LogP contribution in [0.2, 0.25) is 0 Å². The van der Waals surface area contributed by atoms with E-state index < -0.39 is 0 Å². The smallest absolute Gasteiger partial charge is 0.244 e. The highest BCUT2D eigenvalue weighted by molar-refractivity contribution is 5.57. The SMILES string of the molecule is Cc1ccc(CC2CCC(c3nc(-c4cccc(C#N)c4)no3)NC2)nc1. The molecular formula is C21H21N5O. The molecule has 6 heteroatoms. The van der Waals surface area contributed by atoms with Crippen LogP contribution >= 0.6 is 0 Å². The molecule has 1 aliphatic rings. The van der Waals surface area contributed by atoms with Crippen molar-refractivity contribution in [3.05, 3.63) is 65.3 Å². The fourth-order valence-corrected chi connectivity index (χ4v) is 3.44. The Kier molecular flexibility index (Phi) is 4.95. The molecule has 2 atom stereocenters. The van der Waals surface area contributed by atoms with Crippen molar-refractivity contribution in [3.63, 3.8) is 0 Å². The van der Waals surface area contributed by atoms with Gasteiger partial charge < -0.3 is 9.84 Å². The number of aromatic nitrogens is 3. The van der Waals surface area contributed by atoms with Crippen LogP contribution in [-0.2, 0) is 6.42 Å². The van der Waals surface area contributed by atoms with Crippen molar-refractivity contribution in [1.29, 1.82) is 5.26 Å². The minimum absolute atomic E-state index is 0.0765. The van der Waals surface area contributed by atoms with Crippen molar-refractivity contribution < 1.29 is 4.52 Å². The first-order valence-corrected chi connectivity index (χ1v) is 9.20. The van der Waals surface area contributed by atoms with Crippen LogP contribution < -0.4 is 5.32 Å². The molecule has 1 fully saturated rings. The van der Waals surface area contributed by atoms with Gasteiger partial charge in [0.2, 0.25) is 11.7 Å². The highest BCUT2D eigenvalue weighted by Crippen LogP contribution is 2.28. The van der Waals surface area contributed by atoms with E-state index in [0.717, 1.165) is 37.1 Å². The second kappa shape index (κ2) is 7.68. The molecule has 1 aromatic carbocycles. The Bertz CT molecular complexity index is 949. The van der Waals surface area contributed by atoms with Crippen LogP contribution in [0.5, 0.6) is 0 Å². The molecule has 0 aliphatic carbocycles. The molecule has 2 unspecified atom stereocenters. The number of piperidine rings is 1. The zero-order chi connectivity index (χ0) is 18.6. The average Bonchev–Trinajstić information content (AvgIpc) is 3.21. The number of aryl methyl sites for hydroxylation is 1. The quantitative estimate of drug-likeness (QED) is 0.766. The minimum Gasteiger partial charge on any atom is -0.337 e. The zero-order valence-electron chi connectivity index (χ0n) is 15.2. The van der Waals surface area contributed by atoms with E-state index in [1.807, 2.05) is 18.3 Å². The van der Waals surface area contributed by atoms with Gasteiger partial charge in [-0.2, -0.15) is 10.2 Å². The Morgan fingerprint density at radius 1 is 1.26 bits per heavy atom. The lowest BCUT2D eigenvalue weighted by molar-refractivity contribution is 0.256. The van der Waals surface area contributed by atoms with Crippen LogP contribution in [0.25, 0.3) is 11.4 Å². The van der Waals surface area contributed by atoms with Crippen LogP contribution in [0.4, 0.5) is 0 Å². The number of pyridine rings is 1. The van der Waals surface area contributed by atoms with Gasteiger partial charge in [0.25, 0.3) is 0 Å². The predicted octanol–water partition coefficient (Wildman–Crippen LogP) is 3.60. The molecule has 0 saturated carbocycles. The van der Waals surface area contributed by atoms with Gasteiger partial charge in [0.1, 0.15) is 0 Å². The summed E-state index contributed by atoms with van der Waals surface area (Å²) in [6.45, 7) is 2.96. The molecule has 3 heterocycles. The third-order valence-electron chi connectivity index (χ3n) is 4.98. The summed E-state index contributed by atoms with van der Waals surface area (Å²) in [5, 5.41) is 16.6. The number of hydrogen-bond acceptors (Lipinski definition) is 6. The van der Waals surface area contributed by atoms with E-state index >= 15 is 0 Å². The molecule has 1 N–H and O–H groups in total. The number of nitrogens with one attached hydrogen (secondary N) is 1. The van der Waals surface area contributed by atoms with Gasteiger partial charge in [0.05, 0.1) is 17.7 Å². The number of nitriles is 1. The molecule has 4 rings (SSSR count). The molecule has 0 spiro atoms. The van der Waals surface area contributed by atoms with Gasteiger partial charge in [0, 0.05) is 17.5 Å². The summed E-state index contributed by atoms with van der Waals surface area (Å²) in [6, 6.07) is 13.7. The van der Waals surface area contributed by atoms with Crippen LogP contribution in [0.1, 0.15) is 41.6 Å². The van der Waals surface area contributed by atoms with Crippen molar-refractivity contribution >= 4 is 0 Å². The van der Waals surface area contributed by atoms with E-state index in [2.05, 4.69) is 45.6 Å². The van der Waals surface area contributed by atoms with E-state index in [4.69, 9.17) is 9.78 Å². The number of nitrogens with zero attached hydrogens (tertiary/aromatic N) is 4. The fourth-order valence-electron chi connectivity index (χ4n) is 3.44. The summed E-state index contributed by atoms with van der Waals surface area (Å²) < 4.78 is 5.48. The molecule has 1 saturated heterocycles. The number of benzene rings is 1. The van der Waals surface area contributed by atoms with Crippen molar-refractivity contribution in [3.8, 4) is 17.5 Å². The second-order valence-electron chi connectivity index (χ2n) is 7.08. The molecule has 2 aromatic heterocycles. The molecule has 0 bridgehead atoms. The summed E-state index contributed by atoms with van der Waals surface area (Å²) >= 11 is 0. The van der Waals surface area contributed by atoms with Gasteiger partial charge >= 0.3 is 0 Å². The summed E-state index contributed by atoms with van der Waals surface area (Å²) in [6.07, 6.45) is 4.96. The van der Waals surface area contributed by atoms with Crippen LogP contribution in [0.15, 0.2) is 47.1 Å². The lowest BCUT2D eigenvalue weighted by Gasteiger charge is -2.27. The molecule has 0 radical (unpaired) electrons. The first-order chi connectivity index (χ1) is 13.2. The van der Waals surface area contributed by atoms with Crippen LogP contribution in [0, 0.1) is 24.2 Å². The summed E-state index contributed by atoms with van der Waals surface area (Å²) in [5.74, 6) is 1.69. The number of hydrogen-bond donors (Lipinski definition) is 1. The maximum absolute atomic E-state index is 9.03. The zero-order valence-corrected chi connectivity index (χ0v) is 15.2. The minimum atomic E-state index is 0.0765. The Labute approximate surface area is 158 Å². The van der Waals surface area contributed by atoms with Crippen molar-refractivity contribution in [2.75, 3.05) is 6.54 Å². The predicted molar refractivity (Wildman–Crippen MR) is 101 cm³/mol. The highest BCUT2D eigenvalue weighted by Gasteiger charge is 2.26. The first kappa shape index (κ1) is 17.4. The Hall–Kier alpha value is -3.04. The van der Waals surface area contributed by atoms with Crippen LogP contribution in [-0.4, -0.2) is 21.7 Å². The summed E-state index contributed by atoms with van der Waals surface area (Å²) in [4.78, 5) is 9.05. The van der Waals surface area contributed by atoms with Gasteiger partial charge in [0.15, 0.2) is 0 Å². The van der Waals surface area contributed by atoms with E-state index in [-0.39, 0.29) is 6.04 Å². The van der Waals surface area contributed by atoms with Gasteiger partial charge in [-0.05, 0) is 62.4 Å². The molecule has 136 valence electrons.